The van der Waals surface area contributed by atoms with E-state index in [2.05, 4.69) is 12.2 Å². The largest absolute Gasteiger partial charge is 0.469 e. The standard InChI is InChI=1S/C16H17FN2O/c1-12(4-6-15-3-2-8-20-15)19-11-13-5-7-16(17)14(9-13)10-18/h2-3,5,7-9,12,19H,4,6,11H2,1H3. The van der Waals surface area contributed by atoms with Crippen LogP contribution in [0.1, 0.15) is 30.2 Å². The van der Waals surface area contributed by atoms with Crippen LogP contribution in [0, 0.1) is 17.1 Å². The lowest BCUT2D eigenvalue weighted by molar-refractivity contribution is 0.459. The summed E-state index contributed by atoms with van der Waals surface area (Å²) < 4.78 is 18.5. The van der Waals surface area contributed by atoms with Crippen LogP contribution >= 0.6 is 0 Å². The first-order valence-corrected chi connectivity index (χ1v) is 6.63. The summed E-state index contributed by atoms with van der Waals surface area (Å²) in [6.45, 7) is 2.71. The highest BCUT2D eigenvalue weighted by Gasteiger charge is 2.06. The van der Waals surface area contributed by atoms with Crippen molar-refractivity contribution in [2.45, 2.75) is 32.4 Å². The number of benzene rings is 1. The molecule has 2 rings (SSSR count). The minimum absolute atomic E-state index is 0.0903. The molecule has 2 aromatic rings. The quantitative estimate of drug-likeness (QED) is 0.876. The summed E-state index contributed by atoms with van der Waals surface area (Å²) in [7, 11) is 0. The summed E-state index contributed by atoms with van der Waals surface area (Å²) >= 11 is 0. The lowest BCUT2D eigenvalue weighted by Crippen LogP contribution is -2.26. The Bertz CT molecular complexity index is 587. The summed E-state index contributed by atoms with van der Waals surface area (Å²) in [5.41, 5.74) is 1.00. The van der Waals surface area contributed by atoms with Crippen molar-refractivity contribution in [3.05, 3.63) is 59.3 Å². The highest BCUT2D eigenvalue weighted by atomic mass is 19.1. The second-order valence-corrected chi connectivity index (χ2v) is 4.83. The van der Waals surface area contributed by atoms with Gasteiger partial charge < -0.3 is 9.73 Å². The fourth-order valence-electron chi connectivity index (χ4n) is 1.98. The van der Waals surface area contributed by atoms with Crippen LogP contribution < -0.4 is 5.32 Å². The minimum Gasteiger partial charge on any atom is -0.469 e. The van der Waals surface area contributed by atoms with Crippen molar-refractivity contribution in [2.24, 2.45) is 0 Å². The van der Waals surface area contributed by atoms with Crippen LogP contribution in [0.25, 0.3) is 0 Å². The van der Waals surface area contributed by atoms with E-state index in [-0.39, 0.29) is 5.56 Å². The Hall–Kier alpha value is -2.12. The smallest absolute Gasteiger partial charge is 0.140 e. The Balaban J connectivity index is 1.81. The zero-order chi connectivity index (χ0) is 14.4. The fraction of sp³-hybridized carbons (Fsp3) is 0.312. The number of hydrogen-bond donors (Lipinski definition) is 1. The van der Waals surface area contributed by atoms with Crippen molar-refractivity contribution >= 4 is 0 Å². The van der Waals surface area contributed by atoms with E-state index >= 15 is 0 Å². The van der Waals surface area contributed by atoms with Gasteiger partial charge in [-0.25, -0.2) is 4.39 Å². The molecule has 104 valence electrons. The molecule has 1 unspecified atom stereocenters. The van der Waals surface area contributed by atoms with E-state index in [1.54, 1.807) is 18.4 Å². The maximum Gasteiger partial charge on any atom is 0.140 e. The van der Waals surface area contributed by atoms with Crippen molar-refractivity contribution in [2.75, 3.05) is 0 Å². The SMILES string of the molecule is CC(CCc1ccco1)NCc1ccc(F)c(C#N)c1. The van der Waals surface area contributed by atoms with Gasteiger partial charge in [0.25, 0.3) is 0 Å². The molecule has 0 bridgehead atoms. The third-order valence-electron chi connectivity index (χ3n) is 3.21. The van der Waals surface area contributed by atoms with Gasteiger partial charge in [0.2, 0.25) is 0 Å². The number of nitrogens with one attached hydrogen (secondary N) is 1. The first-order chi connectivity index (χ1) is 9.69. The van der Waals surface area contributed by atoms with Gasteiger partial charge in [-0.3, -0.25) is 0 Å². The summed E-state index contributed by atoms with van der Waals surface area (Å²) in [5.74, 6) is 0.509. The van der Waals surface area contributed by atoms with Gasteiger partial charge >= 0.3 is 0 Å². The molecule has 0 spiro atoms. The first kappa shape index (κ1) is 14.3. The van der Waals surface area contributed by atoms with Gasteiger partial charge in [-0.15, -0.1) is 0 Å². The lowest BCUT2D eigenvalue weighted by atomic mass is 10.1. The van der Waals surface area contributed by atoms with Crippen molar-refractivity contribution < 1.29 is 8.81 Å². The molecule has 0 radical (unpaired) electrons. The Kier molecular flexibility index (Phi) is 4.91. The molecule has 0 aliphatic heterocycles. The van der Waals surface area contributed by atoms with Crippen LogP contribution in [-0.2, 0) is 13.0 Å². The first-order valence-electron chi connectivity index (χ1n) is 6.63. The average molecular weight is 272 g/mol. The molecular weight excluding hydrogens is 255 g/mol. The average Bonchev–Trinajstić information content (AvgIpc) is 2.97. The van der Waals surface area contributed by atoms with Crippen molar-refractivity contribution in [1.82, 2.24) is 5.32 Å². The third kappa shape index (κ3) is 3.94. The number of nitriles is 1. The number of nitrogens with zero attached hydrogens (tertiary/aromatic N) is 1. The molecule has 0 fully saturated rings. The Morgan fingerprint density at radius 2 is 2.25 bits per heavy atom. The zero-order valence-corrected chi connectivity index (χ0v) is 11.4. The van der Waals surface area contributed by atoms with Crippen LogP contribution in [0.4, 0.5) is 4.39 Å². The highest BCUT2D eigenvalue weighted by molar-refractivity contribution is 5.34. The van der Waals surface area contributed by atoms with Crippen LogP contribution in [0.5, 0.6) is 0 Å². The molecule has 1 aromatic carbocycles. The van der Waals surface area contributed by atoms with Gasteiger partial charge in [0.05, 0.1) is 11.8 Å². The molecular formula is C16H17FN2O. The normalized spacial score (nSPS) is 12.1. The number of halogens is 1. The van der Waals surface area contributed by atoms with Crippen LogP contribution in [0.2, 0.25) is 0 Å². The minimum atomic E-state index is -0.470. The topological polar surface area (TPSA) is 49.0 Å². The molecule has 1 N–H and O–H groups in total. The molecule has 0 saturated carbocycles. The molecule has 4 heteroatoms. The summed E-state index contributed by atoms with van der Waals surface area (Å²) in [6.07, 6.45) is 3.52. The van der Waals surface area contributed by atoms with E-state index < -0.39 is 5.82 Å². The monoisotopic (exact) mass is 272 g/mol. The molecule has 0 aliphatic rings. The summed E-state index contributed by atoms with van der Waals surface area (Å²) in [4.78, 5) is 0. The van der Waals surface area contributed by atoms with E-state index in [1.807, 2.05) is 18.2 Å². The molecule has 1 heterocycles. The Morgan fingerprint density at radius 1 is 1.40 bits per heavy atom. The van der Waals surface area contributed by atoms with E-state index in [0.29, 0.717) is 12.6 Å². The Morgan fingerprint density at radius 3 is 2.95 bits per heavy atom. The van der Waals surface area contributed by atoms with Crippen LogP contribution in [-0.4, -0.2) is 6.04 Å². The third-order valence-corrected chi connectivity index (χ3v) is 3.21. The maximum absolute atomic E-state index is 13.2. The van der Waals surface area contributed by atoms with Gasteiger partial charge in [-0.2, -0.15) is 5.26 Å². The lowest BCUT2D eigenvalue weighted by Gasteiger charge is -2.13. The van der Waals surface area contributed by atoms with E-state index in [4.69, 9.17) is 9.68 Å². The molecule has 1 aromatic heterocycles. The van der Waals surface area contributed by atoms with Crippen molar-refractivity contribution in [1.29, 1.82) is 5.26 Å². The number of aryl methyl sites for hydroxylation is 1. The van der Waals surface area contributed by atoms with E-state index in [9.17, 15) is 4.39 Å². The van der Waals surface area contributed by atoms with Gasteiger partial charge in [-0.05, 0) is 43.2 Å². The highest BCUT2D eigenvalue weighted by Crippen LogP contribution is 2.10. The molecule has 1 atom stereocenters. The zero-order valence-electron chi connectivity index (χ0n) is 11.4. The van der Waals surface area contributed by atoms with Crippen molar-refractivity contribution in [3.63, 3.8) is 0 Å². The van der Waals surface area contributed by atoms with Gasteiger partial charge in [-0.1, -0.05) is 6.07 Å². The van der Waals surface area contributed by atoms with Crippen LogP contribution in [0.3, 0.4) is 0 Å². The second-order valence-electron chi connectivity index (χ2n) is 4.83. The predicted molar refractivity (Wildman–Crippen MR) is 74.4 cm³/mol. The predicted octanol–water partition coefficient (Wildman–Crippen LogP) is 3.40. The summed E-state index contributed by atoms with van der Waals surface area (Å²) in [5, 5.41) is 12.1. The van der Waals surface area contributed by atoms with E-state index in [1.165, 1.54) is 6.07 Å². The van der Waals surface area contributed by atoms with Crippen LogP contribution in [0.15, 0.2) is 41.0 Å². The molecule has 20 heavy (non-hydrogen) atoms. The second kappa shape index (κ2) is 6.88. The number of rotatable bonds is 6. The molecule has 0 aliphatic carbocycles. The molecule has 3 nitrogen and oxygen atoms in total. The van der Waals surface area contributed by atoms with E-state index in [0.717, 1.165) is 24.2 Å². The molecule has 0 amide bonds. The van der Waals surface area contributed by atoms with Gasteiger partial charge in [0.15, 0.2) is 0 Å². The fourth-order valence-corrected chi connectivity index (χ4v) is 1.98. The maximum atomic E-state index is 13.2. The van der Waals surface area contributed by atoms with Crippen molar-refractivity contribution in [3.8, 4) is 6.07 Å². The van der Waals surface area contributed by atoms with Gasteiger partial charge in [0.1, 0.15) is 17.6 Å². The number of hydrogen-bond acceptors (Lipinski definition) is 3. The Labute approximate surface area is 118 Å². The van der Waals surface area contributed by atoms with Gasteiger partial charge in [0, 0.05) is 19.0 Å². The summed E-state index contributed by atoms with van der Waals surface area (Å²) in [6, 6.07) is 10.6. The molecule has 0 saturated heterocycles. The number of furan rings is 1.